The van der Waals surface area contributed by atoms with Crippen LogP contribution < -0.4 is 4.74 Å². The van der Waals surface area contributed by atoms with Crippen LogP contribution in [0.1, 0.15) is 48.0 Å². The highest BCUT2D eigenvalue weighted by atomic mass is 35.5. The van der Waals surface area contributed by atoms with Crippen molar-refractivity contribution in [2.24, 2.45) is 0 Å². The van der Waals surface area contributed by atoms with E-state index in [4.69, 9.17) is 21.1 Å². The zero-order chi connectivity index (χ0) is 29.4. The molecule has 0 N–H and O–H groups in total. The molecule has 212 valence electrons. The number of ether oxygens (including phenoxy) is 2. The number of carbonyl (C=O) groups excluding carboxylic acids is 1. The molecule has 0 spiro atoms. The van der Waals surface area contributed by atoms with Crippen molar-refractivity contribution < 1.29 is 40.6 Å². The molecule has 0 radical (unpaired) electrons. The van der Waals surface area contributed by atoms with E-state index in [1.807, 2.05) is 0 Å². The van der Waals surface area contributed by atoms with Crippen LogP contribution in [0.3, 0.4) is 0 Å². The molecule has 1 saturated heterocycles. The van der Waals surface area contributed by atoms with E-state index in [1.165, 1.54) is 18.9 Å². The summed E-state index contributed by atoms with van der Waals surface area (Å²) in [5, 5.41) is 0.415. The van der Waals surface area contributed by atoms with Gasteiger partial charge in [0.1, 0.15) is 11.9 Å². The molecule has 2 aromatic carbocycles. The molecule has 0 bridgehead atoms. The number of hydrogen-bond donors (Lipinski definition) is 0. The van der Waals surface area contributed by atoms with Gasteiger partial charge in [-0.05, 0) is 68.0 Å². The van der Waals surface area contributed by atoms with Gasteiger partial charge in [-0.15, -0.1) is 0 Å². The summed E-state index contributed by atoms with van der Waals surface area (Å²) in [6.07, 6.45) is -8.88. The standard InChI is InChI=1S/C28H23ClF6N2O3/c1-4-5-20-7-8-21(22-13-19(29)6-9-24(22)39-3)23(36-20)14-37-15(2)25(40-26(37)38)16-10-17(27(30,31)32)12-18(11-16)28(33,34)35/h4-13,15,25H,14H2,1-3H3/t15-,25-/m0/s1. The average Bonchev–Trinajstić information content (AvgIpc) is 3.16. The highest BCUT2D eigenvalue weighted by Gasteiger charge is 2.43. The second-order valence-corrected chi connectivity index (χ2v) is 9.52. The molecule has 0 aliphatic carbocycles. The number of pyridine rings is 1. The first-order valence-corrected chi connectivity index (χ1v) is 12.3. The van der Waals surface area contributed by atoms with Gasteiger partial charge in [-0.3, -0.25) is 9.88 Å². The molecule has 2 atom stereocenters. The third-order valence-electron chi connectivity index (χ3n) is 6.44. The fourth-order valence-corrected chi connectivity index (χ4v) is 4.67. The predicted octanol–water partition coefficient (Wildman–Crippen LogP) is 8.56. The number of cyclic esters (lactones) is 1. The number of rotatable bonds is 6. The fraction of sp³-hybridized carbons (Fsp3) is 0.286. The van der Waals surface area contributed by atoms with Gasteiger partial charge >= 0.3 is 18.4 Å². The number of aromatic nitrogens is 1. The van der Waals surface area contributed by atoms with Gasteiger partial charge in [0.15, 0.2) is 0 Å². The molecule has 3 aromatic rings. The van der Waals surface area contributed by atoms with Crippen LogP contribution in [0.5, 0.6) is 5.75 Å². The lowest BCUT2D eigenvalue weighted by atomic mass is 9.97. The summed E-state index contributed by atoms with van der Waals surface area (Å²) in [7, 11) is 1.48. The molecule has 12 heteroatoms. The molecule has 0 saturated carbocycles. The lowest BCUT2D eigenvalue weighted by Crippen LogP contribution is -2.32. The van der Waals surface area contributed by atoms with Crippen LogP contribution in [-0.4, -0.2) is 29.1 Å². The minimum Gasteiger partial charge on any atom is -0.496 e. The van der Waals surface area contributed by atoms with E-state index in [0.717, 1.165) is 0 Å². The molecule has 40 heavy (non-hydrogen) atoms. The largest absolute Gasteiger partial charge is 0.496 e. The molecular formula is C28H23ClF6N2O3. The molecule has 4 rings (SSSR count). The molecule has 1 amide bonds. The Morgan fingerprint density at radius 2 is 1.65 bits per heavy atom. The predicted molar refractivity (Wildman–Crippen MR) is 137 cm³/mol. The van der Waals surface area contributed by atoms with Crippen molar-refractivity contribution in [2.75, 3.05) is 7.11 Å². The van der Waals surface area contributed by atoms with Crippen LogP contribution >= 0.6 is 11.6 Å². The van der Waals surface area contributed by atoms with Gasteiger partial charge in [-0.1, -0.05) is 23.7 Å². The Morgan fingerprint density at radius 3 is 2.23 bits per heavy atom. The molecule has 1 aliphatic rings. The molecule has 1 aromatic heterocycles. The fourth-order valence-electron chi connectivity index (χ4n) is 4.50. The highest BCUT2D eigenvalue weighted by molar-refractivity contribution is 6.31. The van der Waals surface area contributed by atoms with Crippen LogP contribution in [0.2, 0.25) is 5.02 Å². The van der Waals surface area contributed by atoms with E-state index in [-0.39, 0.29) is 12.6 Å². The number of methoxy groups -OCH3 is 1. The van der Waals surface area contributed by atoms with Crippen LogP contribution in [0.4, 0.5) is 31.1 Å². The van der Waals surface area contributed by atoms with E-state index in [2.05, 4.69) is 4.98 Å². The number of carbonyl (C=O) groups is 1. The van der Waals surface area contributed by atoms with Gasteiger partial charge < -0.3 is 9.47 Å². The molecule has 1 fully saturated rings. The van der Waals surface area contributed by atoms with Crippen molar-refractivity contribution >= 4 is 23.8 Å². The molecule has 1 aliphatic heterocycles. The summed E-state index contributed by atoms with van der Waals surface area (Å²) in [4.78, 5) is 18.8. The van der Waals surface area contributed by atoms with Gasteiger partial charge in [-0.25, -0.2) is 4.79 Å². The quantitative estimate of drug-likeness (QED) is 0.272. The normalized spacial score (nSPS) is 17.9. The summed E-state index contributed by atoms with van der Waals surface area (Å²) < 4.78 is 91.4. The number of benzene rings is 2. The maximum absolute atomic E-state index is 13.4. The Morgan fingerprint density at radius 1 is 1.00 bits per heavy atom. The summed E-state index contributed by atoms with van der Waals surface area (Å²) in [6.45, 7) is 3.13. The minimum atomic E-state index is -5.04. The Bertz CT molecular complexity index is 1420. The Kier molecular flexibility index (Phi) is 8.07. The minimum absolute atomic E-state index is 0.0318. The lowest BCUT2D eigenvalue weighted by molar-refractivity contribution is -0.143. The molecule has 5 nitrogen and oxygen atoms in total. The second kappa shape index (κ2) is 11.0. The Balaban J connectivity index is 1.76. The topological polar surface area (TPSA) is 51.7 Å². The SMILES string of the molecule is CC=Cc1ccc(-c2cc(Cl)ccc2OC)c(CN2C(=O)O[C@H](c3cc(C(F)(F)F)cc(C(F)(F)F)c3)[C@@H]2C)n1. The zero-order valence-corrected chi connectivity index (χ0v) is 22.2. The third kappa shape index (κ3) is 6.04. The molecule has 0 unspecified atom stereocenters. The number of halogens is 7. The van der Waals surface area contributed by atoms with Crippen molar-refractivity contribution in [3.63, 3.8) is 0 Å². The second-order valence-electron chi connectivity index (χ2n) is 9.09. The summed E-state index contributed by atoms with van der Waals surface area (Å²) in [5.41, 5.74) is -1.31. The van der Waals surface area contributed by atoms with Crippen LogP contribution in [0, 0.1) is 0 Å². The van der Waals surface area contributed by atoms with E-state index >= 15 is 0 Å². The lowest BCUT2D eigenvalue weighted by Gasteiger charge is -2.23. The maximum atomic E-state index is 13.4. The Hall–Kier alpha value is -3.73. The monoisotopic (exact) mass is 584 g/mol. The summed E-state index contributed by atoms with van der Waals surface area (Å²) >= 11 is 6.22. The summed E-state index contributed by atoms with van der Waals surface area (Å²) in [6, 6.07) is 8.71. The summed E-state index contributed by atoms with van der Waals surface area (Å²) in [5.74, 6) is 0.477. The number of amides is 1. The third-order valence-corrected chi connectivity index (χ3v) is 6.67. The van der Waals surface area contributed by atoms with Crippen molar-refractivity contribution in [1.29, 1.82) is 0 Å². The first kappa shape index (κ1) is 29.3. The van der Waals surface area contributed by atoms with Crippen molar-refractivity contribution in [1.82, 2.24) is 9.88 Å². The number of allylic oxidation sites excluding steroid dienone is 1. The molecular weight excluding hydrogens is 562 g/mol. The van der Waals surface area contributed by atoms with Crippen LogP contribution in [0.25, 0.3) is 17.2 Å². The van der Waals surface area contributed by atoms with Gasteiger partial charge in [0.2, 0.25) is 0 Å². The van der Waals surface area contributed by atoms with Crippen LogP contribution in [0.15, 0.2) is 54.6 Å². The van der Waals surface area contributed by atoms with Crippen molar-refractivity contribution in [2.45, 2.75) is 44.9 Å². The number of nitrogens with zero attached hydrogens (tertiary/aromatic N) is 2. The number of alkyl halides is 6. The van der Waals surface area contributed by atoms with Crippen molar-refractivity contribution in [3.8, 4) is 16.9 Å². The number of hydrogen-bond acceptors (Lipinski definition) is 4. The average molecular weight is 585 g/mol. The van der Waals surface area contributed by atoms with E-state index in [9.17, 15) is 31.1 Å². The van der Waals surface area contributed by atoms with Crippen LogP contribution in [-0.2, 0) is 23.6 Å². The van der Waals surface area contributed by atoms with Gasteiger partial charge in [0, 0.05) is 16.1 Å². The molecule has 2 heterocycles. The van der Waals surface area contributed by atoms with Crippen molar-refractivity contribution in [3.05, 3.63) is 87.7 Å². The smallest absolute Gasteiger partial charge is 0.416 e. The first-order chi connectivity index (χ1) is 18.7. The Labute approximate surface area is 231 Å². The highest BCUT2D eigenvalue weighted by Crippen LogP contribution is 2.42. The van der Waals surface area contributed by atoms with E-state index in [1.54, 1.807) is 49.4 Å². The van der Waals surface area contributed by atoms with Gasteiger partial charge in [-0.2, -0.15) is 26.3 Å². The van der Waals surface area contributed by atoms with E-state index in [0.29, 0.717) is 45.4 Å². The maximum Gasteiger partial charge on any atom is 0.416 e. The zero-order valence-electron chi connectivity index (χ0n) is 21.4. The van der Waals surface area contributed by atoms with Gasteiger partial charge in [0.05, 0.1) is 42.2 Å². The van der Waals surface area contributed by atoms with E-state index < -0.39 is 47.3 Å². The first-order valence-electron chi connectivity index (χ1n) is 12.0. The van der Waals surface area contributed by atoms with Gasteiger partial charge in [0.25, 0.3) is 0 Å².